The van der Waals surface area contributed by atoms with Gasteiger partial charge in [-0.05, 0) is 54.3 Å². The molecule has 0 spiro atoms. The van der Waals surface area contributed by atoms with Crippen LogP contribution >= 0.6 is 0 Å². The number of hydrogen-bond donors (Lipinski definition) is 2. The molecule has 2 N–H and O–H groups in total. The number of rotatable bonds is 1. The zero-order chi connectivity index (χ0) is 18.8. The van der Waals surface area contributed by atoms with Crippen molar-refractivity contribution in [2.75, 3.05) is 0 Å². The van der Waals surface area contributed by atoms with E-state index < -0.39 is 0 Å². The molecule has 0 fully saturated rings. The van der Waals surface area contributed by atoms with Crippen LogP contribution in [0.1, 0.15) is 11.1 Å². The van der Waals surface area contributed by atoms with Gasteiger partial charge in [-0.15, -0.1) is 0 Å². The second-order valence-corrected chi connectivity index (χ2v) is 7.71. The lowest BCUT2D eigenvalue weighted by molar-refractivity contribution is 1.51. The van der Waals surface area contributed by atoms with Crippen LogP contribution in [0.5, 0.6) is 0 Å². The van der Waals surface area contributed by atoms with Gasteiger partial charge in [0, 0.05) is 38.1 Å². The molecule has 0 aliphatic rings. The van der Waals surface area contributed by atoms with E-state index in [2.05, 4.69) is 96.6 Å². The molecule has 2 aromatic heterocycles. The highest BCUT2D eigenvalue weighted by Gasteiger charge is 2.18. The van der Waals surface area contributed by atoms with Crippen molar-refractivity contribution in [2.45, 2.75) is 13.8 Å². The average molecular weight is 360 g/mol. The number of aryl methyl sites for hydroxylation is 2. The Hall–Kier alpha value is -3.52. The van der Waals surface area contributed by atoms with Crippen molar-refractivity contribution in [2.24, 2.45) is 0 Å². The monoisotopic (exact) mass is 360 g/mol. The molecule has 0 saturated heterocycles. The first kappa shape index (κ1) is 15.5. The molecule has 0 atom stereocenters. The normalized spacial score (nSPS) is 11.9. The van der Waals surface area contributed by atoms with E-state index in [0.717, 1.165) is 0 Å². The SMILES string of the molecule is Cc1cccc2[nH]c3c(c(-c4ccccc4)cc4[nH]c5cccc(C)c5c43)c12. The van der Waals surface area contributed by atoms with E-state index in [9.17, 15) is 0 Å². The van der Waals surface area contributed by atoms with E-state index in [4.69, 9.17) is 0 Å². The zero-order valence-electron chi connectivity index (χ0n) is 15.9. The molecule has 0 aliphatic carbocycles. The van der Waals surface area contributed by atoms with Crippen molar-refractivity contribution in [1.29, 1.82) is 0 Å². The summed E-state index contributed by atoms with van der Waals surface area (Å²) in [7, 11) is 0. The molecule has 4 aromatic carbocycles. The third kappa shape index (κ3) is 1.97. The minimum absolute atomic E-state index is 1.18. The van der Waals surface area contributed by atoms with Crippen LogP contribution in [0.3, 0.4) is 0 Å². The minimum atomic E-state index is 1.18. The number of aromatic amines is 2. The summed E-state index contributed by atoms with van der Waals surface area (Å²) < 4.78 is 0. The molecule has 134 valence electrons. The van der Waals surface area contributed by atoms with Crippen LogP contribution in [0.2, 0.25) is 0 Å². The first-order valence-electron chi connectivity index (χ1n) is 9.73. The molecule has 0 unspecified atom stereocenters. The van der Waals surface area contributed by atoms with E-state index >= 15 is 0 Å². The summed E-state index contributed by atoms with van der Waals surface area (Å²) in [6.45, 7) is 4.40. The van der Waals surface area contributed by atoms with Crippen LogP contribution < -0.4 is 0 Å². The van der Waals surface area contributed by atoms with Gasteiger partial charge in [-0.25, -0.2) is 0 Å². The molecule has 28 heavy (non-hydrogen) atoms. The van der Waals surface area contributed by atoms with Gasteiger partial charge < -0.3 is 9.97 Å². The molecule has 6 aromatic rings. The standard InChI is InChI=1S/C26H20N2/c1-15-8-7-13-20-22(15)24-18(17-10-4-3-5-11-17)14-21-25(26(24)28-20)23-16(2)9-6-12-19(23)27-21/h3-14,27-28H,1-2H3. The van der Waals surface area contributed by atoms with Gasteiger partial charge in [0.15, 0.2) is 0 Å². The maximum absolute atomic E-state index is 3.76. The topological polar surface area (TPSA) is 31.6 Å². The van der Waals surface area contributed by atoms with Crippen LogP contribution in [0.15, 0.2) is 72.8 Å². The zero-order valence-corrected chi connectivity index (χ0v) is 15.9. The summed E-state index contributed by atoms with van der Waals surface area (Å²) in [4.78, 5) is 7.42. The van der Waals surface area contributed by atoms with Gasteiger partial charge in [0.1, 0.15) is 0 Å². The van der Waals surface area contributed by atoms with Gasteiger partial charge in [0.05, 0.1) is 5.52 Å². The van der Waals surface area contributed by atoms with Gasteiger partial charge in [0.2, 0.25) is 0 Å². The quantitative estimate of drug-likeness (QED) is 0.310. The smallest absolute Gasteiger partial charge is 0.0572 e. The molecule has 0 amide bonds. The van der Waals surface area contributed by atoms with Gasteiger partial charge in [-0.2, -0.15) is 0 Å². The predicted octanol–water partition coefficient (Wildman–Crippen LogP) is 7.24. The van der Waals surface area contributed by atoms with E-state index in [-0.39, 0.29) is 0 Å². The molecule has 2 nitrogen and oxygen atoms in total. The molecular weight excluding hydrogens is 340 g/mol. The second-order valence-electron chi connectivity index (χ2n) is 7.71. The van der Waals surface area contributed by atoms with E-state index in [1.54, 1.807) is 0 Å². The Morgan fingerprint density at radius 1 is 0.536 bits per heavy atom. The molecular formula is C26H20N2. The summed E-state index contributed by atoms with van der Waals surface area (Å²) in [6.07, 6.45) is 0. The summed E-state index contributed by atoms with van der Waals surface area (Å²) >= 11 is 0. The number of aromatic nitrogens is 2. The second kappa shape index (κ2) is 5.49. The molecule has 2 heterocycles. The van der Waals surface area contributed by atoms with Crippen LogP contribution in [-0.2, 0) is 0 Å². The van der Waals surface area contributed by atoms with Gasteiger partial charge in [-0.1, -0.05) is 54.6 Å². The van der Waals surface area contributed by atoms with Crippen molar-refractivity contribution < 1.29 is 0 Å². The fourth-order valence-corrected chi connectivity index (χ4v) is 4.76. The molecule has 2 heteroatoms. The highest BCUT2D eigenvalue weighted by Crippen LogP contribution is 2.43. The average Bonchev–Trinajstić information content (AvgIpc) is 3.27. The summed E-state index contributed by atoms with van der Waals surface area (Å²) in [5.41, 5.74) is 9.91. The first-order chi connectivity index (χ1) is 13.7. The third-order valence-corrected chi connectivity index (χ3v) is 5.99. The van der Waals surface area contributed by atoms with Gasteiger partial charge in [-0.3, -0.25) is 0 Å². The van der Waals surface area contributed by atoms with Crippen molar-refractivity contribution in [3.63, 3.8) is 0 Å². The predicted molar refractivity (Wildman–Crippen MR) is 120 cm³/mol. The van der Waals surface area contributed by atoms with Crippen LogP contribution in [-0.4, -0.2) is 9.97 Å². The van der Waals surface area contributed by atoms with Crippen LogP contribution in [0, 0.1) is 13.8 Å². The van der Waals surface area contributed by atoms with Crippen molar-refractivity contribution in [1.82, 2.24) is 9.97 Å². The molecule has 0 radical (unpaired) electrons. The lowest BCUT2D eigenvalue weighted by Crippen LogP contribution is -1.83. The van der Waals surface area contributed by atoms with E-state index in [1.807, 2.05) is 0 Å². The number of hydrogen-bond acceptors (Lipinski definition) is 0. The molecule has 0 saturated carbocycles. The fraction of sp³-hybridized carbons (Fsp3) is 0.0769. The lowest BCUT2D eigenvalue weighted by Gasteiger charge is -2.08. The van der Waals surface area contributed by atoms with Gasteiger partial charge in [0.25, 0.3) is 0 Å². The van der Waals surface area contributed by atoms with E-state index in [0.29, 0.717) is 0 Å². The third-order valence-electron chi connectivity index (χ3n) is 5.99. The summed E-state index contributed by atoms with van der Waals surface area (Å²) in [6, 6.07) is 26.0. The van der Waals surface area contributed by atoms with Crippen molar-refractivity contribution in [3.05, 3.63) is 83.9 Å². The maximum atomic E-state index is 3.76. The Kier molecular flexibility index (Phi) is 3.05. The fourth-order valence-electron chi connectivity index (χ4n) is 4.76. The minimum Gasteiger partial charge on any atom is -0.354 e. The molecule has 0 bridgehead atoms. The Bertz CT molecular complexity index is 1510. The number of fused-ring (bicyclic) bond motifs is 7. The maximum Gasteiger partial charge on any atom is 0.0572 e. The highest BCUT2D eigenvalue weighted by atomic mass is 14.7. The Balaban J connectivity index is 1.94. The highest BCUT2D eigenvalue weighted by molar-refractivity contribution is 6.29. The summed E-state index contributed by atoms with van der Waals surface area (Å²) in [5.74, 6) is 0. The van der Waals surface area contributed by atoms with Crippen LogP contribution in [0.4, 0.5) is 0 Å². The van der Waals surface area contributed by atoms with Crippen molar-refractivity contribution in [3.8, 4) is 11.1 Å². The lowest BCUT2D eigenvalue weighted by atomic mass is 9.95. The van der Waals surface area contributed by atoms with E-state index in [1.165, 1.54) is 65.9 Å². The Labute approximate surface area is 162 Å². The number of H-pyrrole nitrogens is 2. The first-order valence-corrected chi connectivity index (χ1v) is 9.73. The van der Waals surface area contributed by atoms with Gasteiger partial charge >= 0.3 is 0 Å². The Morgan fingerprint density at radius 3 is 1.89 bits per heavy atom. The van der Waals surface area contributed by atoms with Crippen LogP contribution in [0.25, 0.3) is 54.7 Å². The van der Waals surface area contributed by atoms with Crippen molar-refractivity contribution >= 4 is 43.6 Å². The number of nitrogens with one attached hydrogen (secondary N) is 2. The number of benzene rings is 4. The molecule has 0 aliphatic heterocycles. The molecule has 6 rings (SSSR count). The Morgan fingerprint density at radius 2 is 1.18 bits per heavy atom. The summed E-state index contributed by atoms with van der Waals surface area (Å²) in [5, 5.41) is 5.24. The largest absolute Gasteiger partial charge is 0.354 e.